The highest BCUT2D eigenvalue weighted by molar-refractivity contribution is 6.14. The van der Waals surface area contributed by atoms with Crippen LogP contribution < -0.4 is 0 Å². The second kappa shape index (κ2) is 15.0. The molecule has 15 rings (SSSR count). The summed E-state index contributed by atoms with van der Waals surface area (Å²) < 4.78 is 9.54. The van der Waals surface area contributed by atoms with Gasteiger partial charge in [-0.2, -0.15) is 0 Å². The van der Waals surface area contributed by atoms with Gasteiger partial charge in [-0.3, -0.25) is 4.57 Å². The number of hydrogen-bond acceptors (Lipinski definition) is 2. The first kappa shape index (κ1) is 38.6. The van der Waals surface area contributed by atoms with Gasteiger partial charge in [-0.25, -0.2) is 9.97 Å². The van der Waals surface area contributed by atoms with Crippen LogP contribution in [0.25, 0.3) is 133 Å². The Morgan fingerprint density at radius 3 is 1.19 bits per heavy atom. The molecule has 0 fully saturated rings. The molecule has 5 aromatic heterocycles. The number of nitrogens with zero attached hydrogens (tertiary/aromatic N) is 6. The first-order valence-electron chi connectivity index (χ1n) is 23.8. The van der Waals surface area contributed by atoms with Crippen LogP contribution in [-0.4, -0.2) is 28.2 Å². The van der Waals surface area contributed by atoms with Crippen molar-refractivity contribution in [1.82, 2.24) is 28.2 Å². The third-order valence-corrected chi connectivity index (χ3v) is 14.3. The number of hydrogen-bond donors (Lipinski definition) is 0. The fraction of sp³-hybridized carbons (Fsp3) is 0. The molecule has 0 saturated carbocycles. The second-order valence-corrected chi connectivity index (χ2v) is 18.2. The largest absolute Gasteiger partial charge is 0.309 e. The molecule has 326 valence electrons. The van der Waals surface area contributed by atoms with Gasteiger partial charge in [-0.05, 0) is 103 Å². The van der Waals surface area contributed by atoms with Gasteiger partial charge in [0.05, 0.1) is 44.3 Å². The summed E-state index contributed by atoms with van der Waals surface area (Å²) >= 11 is 0. The van der Waals surface area contributed by atoms with E-state index >= 15 is 0 Å². The Balaban J connectivity index is 0.962. The molecule has 0 aliphatic heterocycles. The Bertz CT molecular complexity index is 4290. The zero-order chi connectivity index (χ0) is 45.9. The molecule has 0 N–H and O–H groups in total. The van der Waals surface area contributed by atoms with E-state index in [4.69, 9.17) is 9.97 Å². The highest BCUT2D eigenvalue weighted by atomic mass is 15.1. The number of fused-ring (bicyclic) bond motifs is 12. The fourth-order valence-electron chi connectivity index (χ4n) is 11.3. The summed E-state index contributed by atoms with van der Waals surface area (Å²) in [4.78, 5) is 10.8. The second-order valence-electron chi connectivity index (χ2n) is 18.2. The summed E-state index contributed by atoms with van der Waals surface area (Å²) in [5.74, 6) is 0.858. The van der Waals surface area contributed by atoms with Gasteiger partial charge >= 0.3 is 0 Å². The maximum absolute atomic E-state index is 5.53. The predicted molar refractivity (Wildman–Crippen MR) is 290 cm³/mol. The first-order chi connectivity index (χ1) is 34.7. The molecule has 0 aliphatic rings. The van der Waals surface area contributed by atoms with E-state index in [0.717, 1.165) is 78.4 Å². The predicted octanol–water partition coefficient (Wildman–Crippen LogP) is 16.2. The molecule has 5 heterocycles. The lowest BCUT2D eigenvalue weighted by Crippen LogP contribution is -2.00. The minimum atomic E-state index is 0.858. The van der Waals surface area contributed by atoms with Crippen molar-refractivity contribution in [3.63, 3.8) is 0 Å². The van der Waals surface area contributed by atoms with Crippen molar-refractivity contribution in [3.8, 4) is 45.4 Å². The van der Waals surface area contributed by atoms with Gasteiger partial charge in [0.25, 0.3) is 0 Å². The van der Waals surface area contributed by atoms with Crippen molar-refractivity contribution < 1.29 is 0 Å². The van der Waals surface area contributed by atoms with Gasteiger partial charge in [0, 0.05) is 71.6 Å². The average molecular weight is 893 g/mol. The van der Waals surface area contributed by atoms with E-state index in [1.165, 1.54) is 54.4 Å². The fourth-order valence-corrected chi connectivity index (χ4v) is 11.3. The van der Waals surface area contributed by atoms with Gasteiger partial charge in [0.1, 0.15) is 16.9 Å². The molecule has 6 nitrogen and oxygen atoms in total. The van der Waals surface area contributed by atoms with E-state index in [9.17, 15) is 0 Å². The highest BCUT2D eigenvalue weighted by Crippen LogP contribution is 2.42. The molecule has 0 atom stereocenters. The van der Waals surface area contributed by atoms with Gasteiger partial charge in [0.2, 0.25) is 0 Å². The lowest BCUT2D eigenvalue weighted by Gasteiger charge is -2.14. The third-order valence-electron chi connectivity index (χ3n) is 14.3. The molecule has 0 spiro atoms. The van der Waals surface area contributed by atoms with E-state index < -0.39 is 0 Å². The smallest absolute Gasteiger partial charge is 0.145 e. The summed E-state index contributed by atoms with van der Waals surface area (Å²) in [5, 5.41) is 8.37. The molecule has 0 bridgehead atoms. The minimum Gasteiger partial charge on any atom is -0.309 e. The van der Waals surface area contributed by atoms with Crippen molar-refractivity contribution in [2.24, 2.45) is 0 Å². The van der Waals surface area contributed by atoms with Crippen molar-refractivity contribution in [3.05, 3.63) is 243 Å². The van der Waals surface area contributed by atoms with Gasteiger partial charge < -0.3 is 13.7 Å². The minimum absolute atomic E-state index is 0.858. The van der Waals surface area contributed by atoms with Crippen LogP contribution in [0, 0.1) is 0 Å². The Kier molecular flexibility index (Phi) is 8.26. The van der Waals surface area contributed by atoms with Crippen LogP contribution >= 0.6 is 0 Å². The maximum Gasteiger partial charge on any atom is 0.145 e. The number of aromatic nitrogens is 6. The number of imidazole rings is 1. The standard InChI is InChI=1S/C64H40N6/c1-3-17-41(18-4-1)61-63-62(51-25-7-12-26-54(51)65-61)66-64(70(63)43-19-5-2-6-20-43)42-31-33-44(34-32-42)67-59-37-35-45(68-55-27-13-8-21-47(55)48-22-9-14-28-56(48)68)39-52(59)53-40-46(36-38-60(53)67)69-57-29-15-10-23-49(57)50-24-11-16-30-58(50)69/h1-40H. The van der Waals surface area contributed by atoms with Gasteiger partial charge in [-0.1, -0.05) is 140 Å². The van der Waals surface area contributed by atoms with Crippen molar-refractivity contribution >= 4 is 87.4 Å². The first-order valence-corrected chi connectivity index (χ1v) is 23.8. The molecule has 6 heteroatoms. The normalized spacial score (nSPS) is 12.0. The molecule has 0 aliphatic carbocycles. The Hall–Kier alpha value is -9.52. The van der Waals surface area contributed by atoms with Crippen molar-refractivity contribution in [1.29, 1.82) is 0 Å². The van der Waals surface area contributed by atoms with E-state index in [1.807, 2.05) is 0 Å². The summed E-state index contributed by atoms with van der Waals surface area (Å²) in [6, 6.07) is 87.2. The maximum atomic E-state index is 5.53. The van der Waals surface area contributed by atoms with Gasteiger partial charge in [0.15, 0.2) is 0 Å². The topological polar surface area (TPSA) is 45.5 Å². The van der Waals surface area contributed by atoms with Gasteiger partial charge in [-0.15, -0.1) is 0 Å². The quantitative estimate of drug-likeness (QED) is 0.167. The molecule has 0 unspecified atom stereocenters. The van der Waals surface area contributed by atoms with Crippen LogP contribution in [0.15, 0.2) is 243 Å². The van der Waals surface area contributed by atoms with Crippen molar-refractivity contribution in [2.45, 2.75) is 0 Å². The molecule has 0 amide bonds. The molecule has 70 heavy (non-hydrogen) atoms. The number of benzene rings is 10. The van der Waals surface area contributed by atoms with Crippen LogP contribution in [0.4, 0.5) is 0 Å². The van der Waals surface area contributed by atoms with E-state index in [2.05, 4.69) is 261 Å². The summed E-state index contributed by atoms with van der Waals surface area (Å²) in [6.45, 7) is 0. The molecule has 15 aromatic rings. The Labute approximate surface area is 401 Å². The molecular weight excluding hydrogens is 853 g/mol. The summed E-state index contributed by atoms with van der Waals surface area (Å²) in [7, 11) is 0. The summed E-state index contributed by atoms with van der Waals surface area (Å²) in [5.41, 5.74) is 17.1. The van der Waals surface area contributed by atoms with Crippen LogP contribution in [0.3, 0.4) is 0 Å². The van der Waals surface area contributed by atoms with E-state index in [0.29, 0.717) is 0 Å². The monoisotopic (exact) mass is 892 g/mol. The average Bonchev–Trinajstić information content (AvgIpc) is 4.18. The lowest BCUT2D eigenvalue weighted by molar-refractivity contribution is 1.10. The zero-order valence-corrected chi connectivity index (χ0v) is 37.8. The number of pyridine rings is 1. The lowest BCUT2D eigenvalue weighted by atomic mass is 10.1. The SMILES string of the molecule is c1ccc(-c2nc3ccccc3c3nc(-c4ccc(-n5c6ccc(-n7c8ccccc8c8ccccc87)cc6c6cc(-n7c8ccccc8c8ccccc87)ccc65)cc4)n(-c4ccccc4)c23)cc1. The number of para-hydroxylation sites is 6. The zero-order valence-electron chi connectivity index (χ0n) is 37.8. The van der Waals surface area contributed by atoms with Crippen LogP contribution in [0.2, 0.25) is 0 Å². The summed E-state index contributed by atoms with van der Waals surface area (Å²) in [6.07, 6.45) is 0. The van der Waals surface area contributed by atoms with E-state index in [1.54, 1.807) is 0 Å². The van der Waals surface area contributed by atoms with Crippen molar-refractivity contribution in [2.75, 3.05) is 0 Å². The number of rotatable bonds is 6. The molecular formula is C64H40N6. The highest BCUT2D eigenvalue weighted by Gasteiger charge is 2.23. The van der Waals surface area contributed by atoms with Crippen LogP contribution in [-0.2, 0) is 0 Å². The van der Waals surface area contributed by atoms with Crippen LogP contribution in [0.5, 0.6) is 0 Å². The molecule has 0 radical (unpaired) electrons. The Morgan fingerprint density at radius 2 is 0.657 bits per heavy atom. The Morgan fingerprint density at radius 1 is 0.257 bits per heavy atom. The van der Waals surface area contributed by atoms with Crippen LogP contribution in [0.1, 0.15) is 0 Å². The van der Waals surface area contributed by atoms with E-state index in [-0.39, 0.29) is 0 Å². The third kappa shape index (κ3) is 5.62. The molecule has 0 saturated heterocycles. The molecule has 10 aromatic carbocycles.